The van der Waals surface area contributed by atoms with Gasteiger partial charge in [0.1, 0.15) is 12.1 Å². The zero-order chi connectivity index (χ0) is 14.4. The average Bonchev–Trinajstić information content (AvgIpc) is 2.85. The SMILES string of the molecule is COc1ccc(NC(=O)CNCc2ncn(C)n2)cc1. The summed E-state index contributed by atoms with van der Waals surface area (Å²) in [4.78, 5) is 15.8. The molecule has 2 aromatic rings. The van der Waals surface area contributed by atoms with Crippen molar-refractivity contribution in [3.8, 4) is 5.75 Å². The Hall–Kier alpha value is -2.41. The number of carbonyl (C=O) groups is 1. The second-order valence-electron chi connectivity index (χ2n) is 4.21. The number of amides is 1. The third-order valence-electron chi connectivity index (χ3n) is 2.59. The molecule has 1 heterocycles. The zero-order valence-electron chi connectivity index (χ0n) is 11.5. The molecule has 0 fully saturated rings. The summed E-state index contributed by atoms with van der Waals surface area (Å²) in [6.45, 7) is 0.654. The molecule has 0 radical (unpaired) electrons. The maximum atomic E-state index is 11.7. The highest BCUT2D eigenvalue weighted by atomic mass is 16.5. The fourth-order valence-corrected chi connectivity index (χ4v) is 1.63. The summed E-state index contributed by atoms with van der Waals surface area (Å²) in [5.74, 6) is 1.29. The minimum atomic E-state index is -0.119. The standard InChI is InChI=1S/C13H17N5O2/c1-18-9-15-12(17-18)7-14-8-13(19)16-10-3-5-11(20-2)6-4-10/h3-6,9,14H,7-8H2,1-2H3,(H,16,19). The Morgan fingerprint density at radius 2 is 2.10 bits per heavy atom. The van der Waals surface area contributed by atoms with E-state index < -0.39 is 0 Å². The maximum Gasteiger partial charge on any atom is 0.238 e. The van der Waals surface area contributed by atoms with Crippen molar-refractivity contribution in [3.05, 3.63) is 36.4 Å². The molecule has 0 aliphatic carbocycles. The first kappa shape index (κ1) is 14.0. The van der Waals surface area contributed by atoms with Crippen LogP contribution in [0.4, 0.5) is 5.69 Å². The molecule has 0 bridgehead atoms. The van der Waals surface area contributed by atoms with Crippen LogP contribution in [0.25, 0.3) is 0 Å². The molecule has 0 aliphatic rings. The van der Waals surface area contributed by atoms with Crippen molar-refractivity contribution in [2.45, 2.75) is 6.54 Å². The number of methoxy groups -OCH3 is 1. The molecule has 0 unspecified atom stereocenters. The van der Waals surface area contributed by atoms with Crippen LogP contribution < -0.4 is 15.4 Å². The summed E-state index contributed by atoms with van der Waals surface area (Å²) >= 11 is 0. The number of nitrogens with one attached hydrogen (secondary N) is 2. The van der Waals surface area contributed by atoms with E-state index in [4.69, 9.17) is 4.74 Å². The summed E-state index contributed by atoms with van der Waals surface area (Å²) in [6, 6.07) is 7.16. The van der Waals surface area contributed by atoms with Gasteiger partial charge in [-0.25, -0.2) is 4.98 Å². The van der Waals surface area contributed by atoms with Crippen LogP contribution in [0.1, 0.15) is 5.82 Å². The van der Waals surface area contributed by atoms with Crippen LogP contribution in [0.2, 0.25) is 0 Å². The lowest BCUT2D eigenvalue weighted by molar-refractivity contribution is -0.115. The summed E-state index contributed by atoms with van der Waals surface area (Å²) in [7, 11) is 3.40. The summed E-state index contributed by atoms with van der Waals surface area (Å²) in [6.07, 6.45) is 1.62. The van der Waals surface area contributed by atoms with E-state index in [0.717, 1.165) is 11.4 Å². The number of hydrogen-bond donors (Lipinski definition) is 2. The molecule has 106 valence electrons. The van der Waals surface area contributed by atoms with Gasteiger partial charge in [0.05, 0.1) is 20.2 Å². The number of nitrogens with zero attached hydrogens (tertiary/aromatic N) is 3. The fourth-order valence-electron chi connectivity index (χ4n) is 1.63. The molecule has 0 spiro atoms. The number of carbonyl (C=O) groups excluding carboxylic acids is 1. The maximum absolute atomic E-state index is 11.7. The van der Waals surface area contributed by atoms with E-state index >= 15 is 0 Å². The highest BCUT2D eigenvalue weighted by Crippen LogP contribution is 2.14. The highest BCUT2D eigenvalue weighted by molar-refractivity contribution is 5.92. The molecule has 0 aliphatic heterocycles. The summed E-state index contributed by atoms with van der Waals surface area (Å²) < 4.78 is 6.67. The quantitative estimate of drug-likeness (QED) is 0.804. The molecular weight excluding hydrogens is 258 g/mol. The lowest BCUT2D eigenvalue weighted by Gasteiger charge is -2.06. The van der Waals surface area contributed by atoms with Crippen LogP contribution in [-0.4, -0.2) is 34.3 Å². The first-order chi connectivity index (χ1) is 9.67. The van der Waals surface area contributed by atoms with E-state index in [1.807, 2.05) is 0 Å². The molecule has 2 N–H and O–H groups in total. The van der Waals surface area contributed by atoms with Gasteiger partial charge in [-0.05, 0) is 24.3 Å². The molecule has 0 saturated carbocycles. The first-order valence-electron chi connectivity index (χ1n) is 6.16. The third kappa shape index (κ3) is 4.06. The van der Waals surface area contributed by atoms with Gasteiger partial charge in [0.15, 0.2) is 5.82 Å². The second kappa shape index (κ2) is 6.67. The normalized spacial score (nSPS) is 10.3. The molecular formula is C13H17N5O2. The van der Waals surface area contributed by atoms with E-state index in [1.165, 1.54) is 0 Å². The highest BCUT2D eigenvalue weighted by Gasteiger charge is 2.03. The van der Waals surface area contributed by atoms with E-state index in [9.17, 15) is 4.79 Å². The minimum Gasteiger partial charge on any atom is -0.497 e. The number of aromatic nitrogens is 3. The van der Waals surface area contributed by atoms with Crippen molar-refractivity contribution in [2.24, 2.45) is 7.05 Å². The van der Waals surface area contributed by atoms with E-state index in [2.05, 4.69) is 20.7 Å². The Labute approximate surface area is 117 Å². The van der Waals surface area contributed by atoms with Crippen molar-refractivity contribution in [3.63, 3.8) is 0 Å². The molecule has 1 aromatic heterocycles. The van der Waals surface area contributed by atoms with Crippen molar-refractivity contribution in [1.82, 2.24) is 20.1 Å². The monoisotopic (exact) mass is 275 g/mol. The van der Waals surface area contributed by atoms with Crippen molar-refractivity contribution in [1.29, 1.82) is 0 Å². The average molecular weight is 275 g/mol. The van der Waals surface area contributed by atoms with E-state index in [-0.39, 0.29) is 12.5 Å². The largest absolute Gasteiger partial charge is 0.497 e. The summed E-state index contributed by atoms with van der Waals surface area (Å²) in [5.41, 5.74) is 0.730. The van der Waals surface area contributed by atoms with Crippen LogP contribution in [-0.2, 0) is 18.4 Å². The van der Waals surface area contributed by atoms with Crippen LogP contribution in [0.3, 0.4) is 0 Å². The van der Waals surface area contributed by atoms with Crippen molar-refractivity contribution in [2.75, 3.05) is 19.0 Å². The number of aryl methyl sites for hydroxylation is 1. The van der Waals surface area contributed by atoms with Crippen molar-refractivity contribution >= 4 is 11.6 Å². The Morgan fingerprint density at radius 1 is 1.35 bits per heavy atom. The second-order valence-corrected chi connectivity index (χ2v) is 4.21. The van der Waals surface area contributed by atoms with Gasteiger partial charge in [-0.2, -0.15) is 5.10 Å². The van der Waals surface area contributed by atoms with Gasteiger partial charge >= 0.3 is 0 Å². The molecule has 0 saturated heterocycles. The van der Waals surface area contributed by atoms with Gasteiger partial charge in [-0.3, -0.25) is 9.48 Å². The Balaban J connectivity index is 1.74. The smallest absolute Gasteiger partial charge is 0.238 e. The van der Waals surface area contributed by atoms with Crippen molar-refractivity contribution < 1.29 is 9.53 Å². The molecule has 7 heteroatoms. The van der Waals surface area contributed by atoms with Gasteiger partial charge in [0.2, 0.25) is 5.91 Å². The van der Waals surface area contributed by atoms with Gasteiger partial charge in [0.25, 0.3) is 0 Å². The Kier molecular flexibility index (Phi) is 4.67. The van der Waals surface area contributed by atoms with Gasteiger partial charge < -0.3 is 15.4 Å². The van der Waals surface area contributed by atoms with Crippen LogP contribution in [0.5, 0.6) is 5.75 Å². The Bertz CT molecular complexity index is 564. The molecule has 20 heavy (non-hydrogen) atoms. The topological polar surface area (TPSA) is 81.1 Å². The molecule has 1 aromatic carbocycles. The minimum absolute atomic E-state index is 0.119. The lowest BCUT2D eigenvalue weighted by atomic mass is 10.3. The third-order valence-corrected chi connectivity index (χ3v) is 2.59. The Morgan fingerprint density at radius 3 is 2.70 bits per heavy atom. The molecule has 7 nitrogen and oxygen atoms in total. The molecule has 2 rings (SSSR count). The fraction of sp³-hybridized carbons (Fsp3) is 0.308. The number of hydrogen-bond acceptors (Lipinski definition) is 5. The predicted octanol–water partition coefficient (Wildman–Crippen LogP) is 0.552. The molecule has 0 atom stereocenters. The van der Waals surface area contributed by atoms with Gasteiger partial charge in [-0.1, -0.05) is 0 Å². The van der Waals surface area contributed by atoms with Crippen LogP contribution in [0.15, 0.2) is 30.6 Å². The van der Waals surface area contributed by atoms with E-state index in [0.29, 0.717) is 12.4 Å². The predicted molar refractivity (Wildman–Crippen MR) is 74.3 cm³/mol. The van der Waals surface area contributed by atoms with Crippen LogP contribution in [0, 0.1) is 0 Å². The lowest BCUT2D eigenvalue weighted by Crippen LogP contribution is -2.28. The zero-order valence-corrected chi connectivity index (χ0v) is 11.5. The summed E-state index contributed by atoms with van der Waals surface area (Å²) in [5, 5.41) is 9.87. The number of rotatable bonds is 6. The number of ether oxygens (including phenoxy) is 1. The van der Waals surface area contributed by atoms with Crippen LogP contribution >= 0.6 is 0 Å². The molecule has 1 amide bonds. The van der Waals surface area contributed by atoms with Gasteiger partial charge in [0, 0.05) is 12.7 Å². The van der Waals surface area contributed by atoms with E-state index in [1.54, 1.807) is 49.4 Å². The number of benzene rings is 1. The number of anilines is 1. The first-order valence-corrected chi connectivity index (χ1v) is 6.16. The van der Waals surface area contributed by atoms with Gasteiger partial charge in [-0.15, -0.1) is 0 Å².